The maximum absolute atomic E-state index is 9.97. The van der Waals surface area contributed by atoms with Gasteiger partial charge in [-0.15, -0.1) is 0 Å². The third-order valence-electron chi connectivity index (χ3n) is 8.62. The molecule has 6 heteroatoms. The van der Waals surface area contributed by atoms with Gasteiger partial charge in [-0.25, -0.2) is 4.85 Å². The highest BCUT2D eigenvalue weighted by atomic mass is 15.0. The molecule has 6 aromatic carbocycles. The smallest absolute Gasteiger partial charge is 0.195 e. The number of rotatable bonds is 3. The van der Waals surface area contributed by atoms with Crippen molar-refractivity contribution in [3.8, 4) is 40.7 Å². The van der Waals surface area contributed by atoms with Crippen LogP contribution in [0.25, 0.3) is 71.0 Å². The van der Waals surface area contributed by atoms with E-state index in [2.05, 4.69) is 44.3 Å². The molecule has 0 N–H and O–H groups in total. The van der Waals surface area contributed by atoms with Gasteiger partial charge in [-0.1, -0.05) is 42.5 Å². The summed E-state index contributed by atoms with van der Waals surface area (Å²) in [5.41, 5.74) is 9.01. The molecular weight excluding hydrogens is 564 g/mol. The van der Waals surface area contributed by atoms with Crippen molar-refractivity contribution in [1.82, 2.24) is 9.13 Å². The quantitative estimate of drug-likeness (QED) is 0.194. The van der Waals surface area contributed by atoms with Crippen LogP contribution in [0.15, 0.2) is 121 Å². The van der Waals surface area contributed by atoms with Gasteiger partial charge in [0.15, 0.2) is 5.69 Å². The Labute approximate surface area is 263 Å². The van der Waals surface area contributed by atoms with Gasteiger partial charge in [0.05, 0.1) is 69.2 Å². The van der Waals surface area contributed by atoms with Crippen molar-refractivity contribution in [2.24, 2.45) is 0 Å². The van der Waals surface area contributed by atoms with Crippen LogP contribution < -0.4 is 0 Å². The van der Waals surface area contributed by atoms with Gasteiger partial charge in [-0.2, -0.15) is 15.8 Å². The number of nitriles is 3. The van der Waals surface area contributed by atoms with E-state index >= 15 is 0 Å². The highest BCUT2D eigenvalue weighted by Crippen LogP contribution is 2.42. The summed E-state index contributed by atoms with van der Waals surface area (Å²) in [6, 6.07) is 45.7. The molecule has 0 saturated carbocycles. The summed E-state index contributed by atoms with van der Waals surface area (Å²) in [6.07, 6.45) is 0. The van der Waals surface area contributed by atoms with Gasteiger partial charge in [0.1, 0.15) is 0 Å². The minimum atomic E-state index is 0.458. The van der Waals surface area contributed by atoms with Crippen LogP contribution in [-0.2, 0) is 0 Å². The van der Waals surface area contributed by atoms with E-state index in [1.165, 1.54) is 0 Å². The second-order valence-corrected chi connectivity index (χ2v) is 11.0. The molecule has 0 aliphatic heterocycles. The van der Waals surface area contributed by atoms with Crippen molar-refractivity contribution in [2.45, 2.75) is 0 Å². The van der Waals surface area contributed by atoms with Crippen molar-refractivity contribution < 1.29 is 0 Å². The van der Waals surface area contributed by atoms with Crippen LogP contribution in [0.1, 0.15) is 16.7 Å². The molecule has 0 radical (unpaired) electrons. The molecule has 0 aliphatic rings. The lowest BCUT2D eigenvalue weighted by atomic mass is 9.98. The summed E-state index contributed by atoms with van der Waals surface area (Å²) in [5, 5.41) is 33.1. The zero-order valence-corrected chi connectivity index (χ0v) is 24.2. The standard InChI is InChI=1S/C40H20N6/c1-44-35-14-13-28(45-36-8-4-2-6-29(36)32-18-25(22-41)10-15-38(32)45)21-31(35)34-20-27(24-43)12-17-40(34)46-37-9-5-3-7-30(37)33-19-26(23-42)11-16-39(33)46/h2-21H. The summed E-state index contributed by atoms with van der Waals surface area (Å²) in [7, 11) is 0. The van der Waals surface area contributed by atoms with E-state index in [9.17, 15) is 15.8 Å². The number of hydrogen-bond donors (Lipinski definition) is 0. The Hall–Kier alpha value is -7.12. The molecule has 0 unspecified atom stereocenters. The fourth-order valence-electron chi connectivity index (χ4n) is 6.62. The lowest BCUT2D eigenvalue weighted by Crippen LogP contribution is -1.99. The number of nitrogens with zero attached hydrogens (tertiary/aromatic N) is 6. The van der Waals surface area contributed by atoms with Crippen molar-refractivity contribution in [3.05, 3.63) is 149 Å². The zero-order valence-electron chi connectivity index (χ0n) is 24.2. The van der Waals surface area contributed by atoms with Crippen molar-refractivity contribution in [1.29, 1.82) is 15.8 Å². The molecule has 8 rings (SSSR count). The van der Waals surface area contributed by atoms with Gasteiger partial charge in [-0.3, -0.25) is 0 Å². The zero-order chi connectivity index (χ0) is 31.4. The maximum Gasteiger partial charge on any atom is 0.195 e. The first-order valence-electron chi connectivity index (χ1n) is 14.6. The Balaban J connectivity index is 1.45. The summed E-state index contributed by atoms with van der Waals surface area (Å²) >= 11 is 0. The topological polar surface area (TPSA) is 85.6 Å². The molecule has 8 aromatic rings. The molecule has 2 aromatic heterocycles. The number of aromatic nitrogens is 2. The van der Waals surface area contributed by atoms with E-state index in [-0.39, 0.29) is 0 Å². The molecule has 210 valence electrons. The predicted molar refractivity (Wildman–Crippen MR) is 181 cm³/mol. The average Bonchev–Trinajstić information content (AvgIpc) is 3.63. The highest BCUT2D eigenvalue weighted by Gasteiger charge is 2.20. The lowest BCUT2D eigenvalue weighted by molar-refractivity contribution is 1.17. The Morgan fingerprint density at radius 1 is 0.478 bits per heavy atom. The Bertz CT molecular complexity index is 2750. The minimum absolute atomic E-state index is 0.458. The molecular formula is C40H20N6. The first-order chi connectivity index (χ1) is 22.6. The largest absolute Gasteiger partial charge is 0.309 e. The fraction of sp³-hybridized carbons (Fsp3) is 0. The van der Waals surface area contributed by atoms with Crippen LogP contribution in [0.5, 0.6) is 0 Å². The van der Waals surface area contributed by atoms with Crippen LogP contribution in [0.3, 0.4) is 0 Å². The Kier molecular flexibility index (Phi) is 5.91. The van der Waals surface area contributed by atoms with Crippen LogP contribution in [0.2, 0.25) is 0 Å². The summed E-state index contributed by atoms with van der Waals surface area (Å²) in [4.78, 5) is 3.92. The predicted octanol–water partition coefficient (Wildman–Crippen LogP) is 9.71. The number of benzene rings is 6. The van der Waals surface area contributed by atoms with Crippen LogP contribution in [0.4, 0.5) is 5.69 Å². The van der Waals surface area contributed by atoms with Crippen LogP contribution in [-0.4, -0.2) is 9.13 Å². The normalized spacial score (nSPS) is 11.0. The molecule has 0 bridgehead atoms. The fourth-order valence-corrected chi connectivity index (χ4v) is 6.62. The van der Waals surface area contributed by atoms with E-state index < -0.39 is 0 Å². The van der Waals surface area contributed by atoms with E-state index in [1.54, 1.807) is 6.07 Å². The van der Waals surface area contributed by atoms with Gasteiger partial charge in [-0.05, 0) is 90.0 Å². The van der Waals surface area contributed by atoms with Crippen molar-refractivity contribution in [2.75, 3.05) is 0 Å². The van der Waals surface area contributed by atoms with Crippen molar-refractivity contribution in [3.63, 3.8) is 0 Å². The van der Waals surface area contributed by atoms with Gasteiger partial charge in [0, 0.05) is 27.2 Å². The third-order valence-corrected chi connectivity index (χ3v) is 8.62. The lowest BCUT2D eigenvalue weighted by Gasteiger charge is -2.17. The summed E-state index contributed by atoms with van der Waals surface area (Å²) in [6.45, 7) is 8.12. The molecule has 0 saturated heterocycles. The highest BCUT2D eigenvalue weighted by molar-refractivity contribution is 6.11. The second kappa shape index (κ2) is 10.3. The van der Waals surface area contributed by atoms with E-state index in [1.807, 2.05) is 103 Å². The van der Waals surface area contributed by atoms with Crippen LogP contribution in [0, 0.1) is 40.6 Å². The van der Waals surface area contributed by atoms with Crippen molar-refractivity contribution >= 4 is 49.3 Å². The molecule has 0 fully saturated rings. The Morgan fingerprint density at radius 3 is 1.61 bits per heavy atom. The second-order valence-electron chi connectivity index (χ2n) is 11.0. The van der Waals surface area contributed by atoms with E-state index in [0.29, 0.717) is 27.9 Å². The summed E-state index contributed by atoms with van der Waals surface area (Å²) in [5.74, 6) is 0. The number of hydrogen-bond acceptors (Lipinski definition) is 3. The van der Waals surface area contributed by atoms with E-state index in [0.717, 1.165) is 60.5 Å². The molecule has 0 amide bonds. The first-order valence-corrected chi connectivity index (χ1v) is 14.6. The van der Waals surface area contributed by atoms with Gasteiger partial charge in [0.25, 0.3) is 0 Å². The third kappa shape index (κ3) is 3.86. The van der Waals surface area contributed by atoms with Crippen LogP contribution >= 0.6 is 0 Å². The molecule has 2 heterocycles. The summed E-state index contributed by atoms with van der Waals surface area (Å²) < 4.78 is 4.30. The van der Waals surface area contributed by atoms with Gasteiger partial charge in [0.2, 0.25) is 0 Å². The molecule has 6 nitrogen and oxygen atoms in total. The number of para-hydroxylation sites is 2. The molecule has 46 heavy (non-hydrogen) atoms. The molecule has 0 aliphatic carbocycles. The average molecular weight is 585 g/mol. The SMILES string of the molecule is [C-]#[N+]c1ccc(-n2c3ccccc3c3cc(C#N)ccc32)cc1-c1cc(C#N)ccc1-n1c2ccccc2c2cc(C#N)ccc21. The van der Waals surface area contributed by atoms with Gasteiger partial charge >= 0.3 is 0 Å². The maximum atomic E-state index is 9.97. The monoisotopic (exact) mass is 584 g/mol. The molecule has 0 atom stereocenters. The minimum Gasteiger partial charge on any atom is -0.309 e. The van der Waals surface area contributed by atoms with E-state index in [4.69, 9.17) is 6.57 Å². The number of fused-ring (bicyclic) bond motifs is 6. The Morgan fingerprint density at radius 2 is 1.00 bits per heavy atom. The first kappa shape index (κ1) is 26.5. The molecule has 0 spiro atoms. The van der Waals surface area contributed by atoms with Gasteiger partial charge < -0.3 is 9.13 Å².